The molecular formula is C11H11ClN2O3S. The van der Waals surface area contributed by atoms with Gasteiger partial charge < -0.3 is 11.1 Å². The zero-order valence-electron chi connectivity index (χ0n) is 9.26. The Kier molecular flexibility index (Phi) is 3.32. The van der Waals surface area contributed by atoms with Crippen LogP contribution in [0.15, 0.2) is 29.7 Å². The van der Waals surface area contributed by atoms with Crippen molar-refractivity contribution in [3.8, 4) is 0 Å². The van der Waals surface area contributed by atoms with E-state index >= 15 is 0 Å². The number of hydrogen-bond donors (Lipinski definition) is 2. The number of rotatable bonds is 2. The molecule has 0 bridgehead atoms. The second-order valence-corrected chi connectivity index (χ2v) is 6.31. The highest BCUT2D eigenvalue weighted by atomic mass is 35.5. The second kappa shape index (κ2) is 4.62. The Morgan fingerprint density at radius 3 is 2.72 bits per heavy atom. The fourth-order valence-electron chi connectivity index (χ4n) is 1.60. The number of nitrogens with one attached hydrogen (secondary N) is 1. The lowest BCUT2D eigenvalue weighted by atomic mass is 10.2. The summed E-state index contributed by atoms with van der Waals surface area (Å²) < 4.78 is 22.4. The van der Waals surface area contributed by atoms with Crippen molar-refractivity contribution in [2.45, 2.75) is 6.04 Å². The average molecular weight is 287 g/mol. The highest BCUT2D eigenvalue weighted by Crippen LogP contribution is 2.19. The summed E-state index contributed by atoms with van der Waals surface area (Å²) in [4.78, 5) is 11.8. The number of nitrogens with two attached hydrogens (primary N) is 1. The van der Waals surface area contributed by atoms with E-state index in [9.17, 15) is 13.2 Å². The van der Waals surface area contributed by atoms with Gasteiger partial charge in [0.05, 0.1) is 22.5 Å². The molecule has 1 unspecified atom stereocenters. The third-order valence-corrected chi connectivity index (χ3v) is 4.24. The van der Waals surface area contributed by atoms with Crippen LogP contribution in [0.3, 0.4) is 0 Å². The number of carbonyl (C=O) groups is 1. The number of halogens is 1. The maximum absolute atomic E-state index is 11.8. The van der Waals surface area contributed by atoms with Crippen LogP contribution in [0.1, 0.15) is 10.4 Å². The third kappa shape index (κ3) is 2.83. The van der Waals surface area contributed by atoms with Gasteiger partial charge >= 0.3 is 0 Å². The lowest BCUT2D eigenvalue weighted by Crippen LogP contribution is -2.35. The van der Waals surface area contributed by atoms with E-state index in [-0.39, 0.29) is 11.7 Å². The van der Waals surface area contributed by atoms with Crippen LogP contribution in [-0.4, -0.2) is 26.1 Å². The molecular weight excluding hydrogens is 276 g/mol. The van der Waals surface area contributed by atoms with Crippen molar-refractivity contribution in [3.63, 3.8) is 0 Å². The minimum Gasteiger partial charge on any atom is -0.398 e. The van der Waals surface area contributed by atoms with E-state index in [1.807, 2.05) is 0 Å². The summed E-state index contributed by atoms with van der Waals surface area (Å²) in [5.74, 6) is -0.493. The Morgan fingerprint density at radius 1 is 1.44 bits per heavy atom. The fraction of sp³-hybridized carbons (Fsp3) is 0.182. The van der Waals surface area contributed by atoms with E-state index in [0.717, 1.165) is 5.41 Å². The first-order chi connectivity index (χ1) is 8.37. The van der Waals surface area contributed by atoms with E-state index in [0.29, 0.717) is 16.3 Å². The van der Waals surface area contributed by atoms with Gasteiger partial charge in [0.2, 0.25) is 0 Å². The Morgan fingerprint density at radius 2 is 2.17 bits per heavy atom. The molecule has 96 valence electrons. The predicted molar refractivity (Wildman–Crippen MR) is 70.0 cm³/mol. The molecule has 2 rings (SSSR count). The summed E-state index contributed by atoms with van der Waals surface area (Å²) in [5, 5.41) is 4.07. The van der Waals surface area contributed by atoms with E-state index in [1.165, 1.54) is 24.3 Å². The number of amides is 1. The van der Waals surface area contributed by atoms with Gasteiger partial charge in [0.15, 0.2) is 9.84 Å². The highest BCUT2D eigenvalue weighted by Gasteiger charge is 2.23. The topological polar surface area (TPSA) is 89.3 Å². The Hall–Kier alpha value is -1.53. The lowest BCUT2D eigenvalue weighted by molar-refractivity contribution is 0.0947. The third-order valence-electron chi connectivity index (χ3n) is 2.50. The van der Waals surface area contributed by atoms with Gasteiger partial charge in [0, 0.05) is 11.0 Å². The molecule has 3 N–H and O–H groups in total. The molecule has 1 aliphatic heterocycles. The van der Waals surface area contributed by atoms with E-state index in [4.69, 9.17) is 17.3 Å². The largest absolute Gasteiger partial charge is 0.398 e. The monoisotopic (exact) mass is 286 g/mol. The van der Waals surface area contributed by atoms with Gasteiger partial charge in [-0.15, -0.1) is 0 Å². The highest BCUT2D eigenvalue weighted by molar-refractivity contribution is 7.94. The molecule has 1 aromatic carbocycles. The zero-order chi connectivity index (χ0) is 13.3. The molecule has 1 aromatic rings. The van der Waals surface area contributed by atoms with Crippen LogP contribution in [0.5, 0.6) is 0 Å². The first-order valence-corrected chi connectivity index (χ1v) is 7.23. The molecule has 1 heterocycles. The lowest BCUT2D eigenvalue weighted by Gasteiger charge is -2.10. The van der Waals surface area contributed by atoms with Crippen molar-refractivity contribution < 1.29 is 13.2 Å². The van der Waals surface area contributed by atoms with Crippen LogP contribution < -0.4 is 11.1 Å². The summed E-state index contributed by atoms with van der Waals surface area (Å²) in [7, 11) is -3.18. The quantitative estimate of drug-likeness (QED) is 0.793. The van der Waals surface area contributed by atoms with Crippen LogP contribution in [0, 0.1) is 0 Å². The summed E-state index contributed by atoms with van der Waals surface area (Å²) >= 11 is 5.75. The van der Waals surface area contributed by atoms with Gasteiger partial charge in [0.25, 0.3) is 5.91 Å². The number of nitrogen functional groups attached to an aromatic ring is 1. The molecule has 0 aliphatic carbocycles. The van der Waals surface area contributed by atoms with Crippen LogP contribution in [-0.2, 0) is 9.84 Å². The normalized spacial score (nSPS) is 20.8. The van der Waals surface area contributed by atoms with Gasteiger partial charge in [-0.2, -0.15) is 0 Å². The molecule has 1 atom stereocenters. The summed E-state index contributed by atoms with van der Waals surface area (Å²) in [5.41, 5.74) is 6.23. The molecule has 5 nitrogen and oxygen atoms in total. The molecule has 0 radical (unpaired) electrons. The molecule has 0 saturated carbocycles. The van der Waals surface area contributed by atoms with Crippen LogP contribution in [0.4, 0.5) is 5.69 Å². The Bertz CT molecular complexity index is 625. The first-order valence-electron chi connectivity index (χ1n) is 5.14. The Balaban J connectivity index is 2.09. The van der Waals surface area contributed by atoms with E-state index in [2.05, 4.69) is 5.32 Å². The Labute approximate surface area is 110 Å². The number of carbonyl (C=O) groups excluding carboxylic acids is 1. The molecule has 0 saturated heterocycles. The SMILES string of the molecule is Nc1cc(C(=O)NC2C=CS(=O)(=O)C2)ccc1Cl. The number of benzene rings is 1. The minimum atomic E-state index is -3.18. The molecule has 18 heavy (non-hydrogen) atoms. The van der Waals surface area contributed by atoms with Crippen LogP contribution >= 0.6 is 11.6 Å². The van der Waals surface area contributed by atoms with Crippen molar-refractivity contribution in [1.29, 1.82) is 0 Å². The van der Waals surface area contributed by atoms with Crippen molar-refractivity contribution in [3.05, 3.63) is 40.3 Å². The van der Waals surface area contributed by atoms with Gasteiger partial charge in [-0.1, -0.05) is 11.6 Å². The fourth-order valence-corrected chi connectivity index (χ4v) is 2.96. The van der Waals surface area contributed by atoms with E-state index < -0.39 is 15.9 Å². The number of sulfone groups is 1. The zero-order valence-corrected chi connectivity index (χ0v) is 10.8. The number of anilines is 1. The first kappa shape index (κ1) is 12.9. The van der Waals surface area contributed by atoms with Crippen molar-refractivity contribution >= 4 is 33.0 Å². The van der Waals surface area contributed by atoms with Gasteiger partial charge in [-0.05, 0) is 24.3 Å². The molecule has 1 amide bonds. The van der Waals surface area contributed by atoms with Crippen molar-refractivity contribution in [1.82, 2.24) is 5.32 Å². The molecule has 7 heteroatoms. The number of hydrogen-bond acceptors (Lipinski definition) is 4. The second-order valence-electron chi connectivity index (χ2n) is 3.97. The van der Waals surface area contributed by atoms with E-state index in [1.54, 1.807) is 0 Å². The molecule has 1 aliphatic rings. The molecule has 0 spiro atoms. The van der Waals surface area contributed by atoms with Crippen molar-refractivity contribution in [2.24, 2.45) is 0 Å². The maximum atomic E-state index is 11.8. The van der Waals surface area contributed by atoms with Crippen LogP contribution in [0.2, 0.25) is 5.02 Å². The van der Waals surface area contributed by atoms with Gasteiger partial charge in [0.1, 0.15) is 0 Å². The standard InChI is InChI=1S/C11H11ClN2O3S/c12-9-2-1-7(5-10(9)13)11(15)14-8-3-4-18(16,17)6-8/h1-5,8H,6,13H2,(H,14,15). The maximum Gasteiger partial charge on any atom is 0.251 e. The van der Waals surface area contributed by atoms with Gasteiger partial charge in [-0.25, -0.2) is 8.42 Å². The van der Waals surface area contributed by atoms with Crippen LogP contribution in [0.25, 0.3) is 0 Å². The minimum absolute atomic E-state index is 0.109. The molecule has 0 aromatic heterocycles. The average Bonchev–Trinajstić information content (AvgIpc) is 2.62. The summed E-state index contributed by atoms with van der Waals surface area (Å²) in [6.45, 7) is 0. The summed E-state index contributed by atoms with van der Waals surface area (Å²) in [6, 6.07) is 4.00. The smallest absolute Gasteiger partial charge is 0.251 e. The molecule has 0 fully saturated rings. The summed E-state index contributed by atoms with van der Waals surface area (Å²) in [6.07, 6.45) is 1.45. The van der Waals surface area contributed by atoms with Gasteiger partial charge in [-0.3, -0.25) is 4.79 Å². The van der Waals surface area contributed by atoms with Crippen molar-refractivity contribution in [2.75, 3.05) is 11.5 Å². The predicted octanol–water partition coefficient (Wildman–Crippen LogP) is 0.963.